The predicted octanol–water partition coefficient (Wildman–Crippen LogP) is 5.35. The molecule has 238 valence electrons. The number of alkyl halides is 1. The minimum absolute atomic E-state index is 0.0363. The molecule has 8 nitrogen and oxygen atoms in total. The van der Waals surface area contributed by atoms with Gasteiger partial charge in [0.15, 0.2) is 9.84 Å². The van der Waals surface area contributed by atoms with Crippen molar-refractivity contribution in [1.29, 1.82) is 0 Å². The Hall–Kier alpha value is -3.94. The Morgan fingerprint density at radius 1 is 1.11 bits per heavy atom. The van der Waals surface area contributed by atoms with Crippen LogP contribution in [0.25, 0.3) is 32.8 Å². The molecule has 10 heteroatoms. The van der Waals surface area contributed by atoms with Crippen molar-refractivity contribution in [2.45, 2.75) is 49.1 Å². The van der Waals surface area contributed by atoms with Gasteiger partial charge in [-0.15, -0.1) is 6.42 Å². The Balaban J connectivity index is 1.23. The number of anilines is 1. The minimum atomic E-state index is -3.17. The Bertz CT molecular complexity index is 2020. The third-order valence-electron chi connectivity index (χ3n) is 10.9. The molecule has 3 saturated heterocycles. The lowest BCUT2D eigenvalue weighted by molar-refractivity contribution is 0.107. The van der Waals surface area contributed by atoms with E-state index in [2.05, 4.69) is 15.7 Å². The minimum Gasteiger partial charge on any atom is -0.508 e. The summed E-state index contributed by atoms with van der Waals surface area (Å²) in [6.07, 6.45) is 10.5. The third kappa shape index (κ3) is 4.87. The van der Waals surface area contributed by atoms with Crippen LogP contribution in [0.1, 0.15) is 37.7 Å². The van der Waals surface area contributed by atoms with Crippen LogP contribution in [0, 0.1) is 24.2 Å². The monoisotopic (exact) mass is 640 g/mol. The van der Waals surface area contributed by atoms with Gasteiger partial charge >= 0.3 is 6.01 Å². The molecule has 2 unspecified atom stereocenters. The van der Waals surface area contributed by atoms with Crippen molar-refractivity contribution in [1.82, 2.24) is 14.9 Å². The third-order valence-corrected chi connectivity index (χ3v) is 12.6. The highest BCUT2D eigenvalue weighted by molar-refractivity contribution is 7.91. The van der Waals surface area contributed by atoms with Gasteiger partial charge in [0.1, 0.15) is 24.3 Å². The first-order valence-corrected chi connectivity index (χ1v) is 18.1. The van der Waals surface area contributed by atoms with Gasteiger partial charge in [-0.05, 0) is 90.9 Å². The van der Waals surface area contributed by atoms with E-state index in [9.17, 15) is 17.9 Å². The number of hydrogen-bond donors (Lipinski definition) is 1. The SMILES string of the molecule is C#Cc1cccc2cc(O)cc(-c3ccc4c(N5CC6CCC(C5)C6S(C)(=O)=O)nc(OC[C@@]56CCCN5C[C@H](F)C6)nc4c3)c12. The lowest BCUT2D eigenvalue weighted by atomic mass is 9.93. The molecule has 0 amide bonds. The second kappa shape index (κ2) is 10.8. The molecule has 4 heterocycles. The Kier molecular flexibility index (Phi) is 6.93. The van der Waals surface area contributed by atoms with Gasteiger partial charge in [0, 0.05) is 48.6 Å². The van der Waals surface area contributed by atoms with Crippen molar-refractivity contribution in [2.75, 3.05) is 43.9 Å². The Morgan fingerprint density at radius 2 is 1.91 bits per heavy atom. The number of aromatic hydroxyl groups is 1. The molecule has 3 aromatic carbocycles. The smallest absolute Gasteiger partial charge is 0.319 e. The summed E-state index contributed by atoms with van der Waals surface area (Å²) < 4.78 is 46.3. The van der Waals surface area contributed by atoms with Crippen LogP contribution in [0.5, 0.6) is 11.8 Å². The average Bonchev–Trinajstić information content (AvgIpc) is 3.65. The number of ether oxygens (including phenoxy) is 1. The van der Waals surface area contributed by atoms with Crippen LogP contribution >= 0.6 is 0 Å². The summed E-state index contributed by atoms with van der Waals surface area (Å²) in [5.41, 5.74) is 2.67. The predicted molar refractivity (Wildman–Crippen MR) is 178 cm³/mol. The van der Waals surface area contributed by atoms with Crippen LogP contribution < -0.4 is 9.64 Å². The van der Waals surface area contributed by atoms with Crippen LogP contribution in [-0.4, -0.2) is 84.4 Å². The number of piperidine rings is 1. The van der Waals surface area contributed by atoms with Crippen LogP contribution in [0.2, 0.25) is 0 Å². The van der Waals surface area contributed by atoms with Gasteiger partial charge in [0.25, 0.3) is 0 Å². The van der Waals surface area contributed by atoms with Crippen molar-refractivity contribution in [3.8, 4) is 35.2 Å². The maximum Gasteiger partial charge on any atom is 0.319 e. The van der Waals surface area contributed by atoms with Gasteiger partial charge in [-0.2, -0.15) is 9.97 Å². The zero-order chi connectivity index (χ0) is 31.8. The molecule has 4 aliphatic rings. The lowest BCUT2D eigenvalue weighted by Crippen LogP contribution is -2.48. The van der Waals surface area contributed by atoms with Gasteiger partial charge in [0.2, 0.25) is 0 Å². The number of phenols is 1. The summed E-state index contributed by atoms with van der Waals surface area (Å²) >= 11 is 0. The largest absolute Gasteiger partial charge is 0.508 e. The molecule has 8 rings (SSSR count). The zero-order valence-corrected chi connectivity index (χ0v) is 26.6. The molecule has 1 N–H and O–H groups in total. The zero-order valence-electron chi connectivity index (χ0n) is 25.8. The number of fused-ring (bicyclic) bond motifs is 5. The molecule has 1 saturated carbocycles. The number of benzene rings is 3. The summed E-state index contributed by atoms with van der Waals surface area (Å²) in [5, 5.41) is 12.8. The van der Waals surface area contributed by atoms with Crippen LogP contribution in [0.3, 0.4) is 0 Å². The number of phenolic OH excluding ortho intramolecular Hbond substituents is 1. The maximum atomic E-state index is 14.5. The van der Waals surface area contributed by atoms with E-state index < -0.39 is 16.0 Å². The van der Waals surface area contributed by atoms with Gasteiger partial charge < -0.3 is 14.7 Å². The summed E-state index contributed by atoms with van der Waals surface area (Å²) in [6, 6.07) is 15.3. The molecule has 46 heavy (non-hydrogen) atoms. The number of aromatic nitrogens is 2. The number of terminal acetylenes is 1. The molecule has 0 spiro atoms. The topological polar surface area (TPSA) is 95.9 Å². The fourth-order valence-corrected chi connectivity index (χ4v) is 10.9. The van der Waals surface area contributed by atoms with Crippen molar-refractivity contribution >= 4 is 37.3 Å². The first-order chi connectivity index (χ1) is 22.1. The molecular weight excluding hydrogens is 603 g/mol. The van der Waals surface area contributed by atoms with Crippen molar-refractivity contribution in [2.24, 2.45) is 11.8 Å². The summed E-state index contributed by atoms with van der Waals surface area (Å²) in [5.74, 6) is 3.71. The molecule has 0 radical (unpaired) electrons. The van der Waals surface area contributed by atoms with E-state index in [0.717, 1.165) is 70.9 Å². The molecule has 1 aliphatic carbocycles. The molecule has 2 bridgehead atoms. The quantitative estimate of drug-likeness (QED) is 0.282. The van der Waals surface area contributed by atoms with Gasteiger partial charge in [-0.25, -0.2) is 12.8 Å². The summed E-state index contributed by atoms with van der Waals surface area (Å²) in [6.45, 7) is 2.79. The highest BCUT2D eigenvalue weighted by Crippen LogP contribution is 2.45. The second-order valence-corrected chi connectivity index (χ2v) is 16.0. The number of nitrogens with zero attached hydrogens (tertiary/aromatic N) is 4. The number of sulfone groups is 1. The average molecular weight is 641 g/mol. The van der Waals surface area contributed by atoms with Crippen LogP contribution in [0.15, 0.2) is 48.5 Å². The normalized spacial score (nSPS) is 27.7. The highest BCUT2D eigenvalue weighted by Gasteiger charge is 2.50. The van der Waals surface area contributed by atoms with E-state index in [1.165, 1.54) is 6.26 Å². The van der Waals surface area contributed by atoms with E-state index >= 15 is 0 Å². The van der Waals surface area contributed by atoms with Gasteiger partial charge in [-0.1, -0.05) is 24.1 Å². The highest BCUT2D eigenvalue weighted by atomic mass is 32.2. The van der Waals surface area contributed by atoms with Crippen molar-refractivity contribution < 1.29 is 22.7 Å². The van der Waals surface area contributed by atoms with Gasteiger partial charge in [0.05, 0.1) is 16.3 Å². The summed E-state index contributed by atoms with van der Waals surface area (Å²) in [4.78, 5) is 14.3. The molecule has 4 atom stereocenters. The molecule has 3 aliphatic heterocycles. The first kappa shape index (κ1) is 29.5. The van der Waals surface area contributed by atoms with E-state index in [1.54, 1.807) is 12.1 Å². The molecule has 4 aromatic rings. The van der Waals surface area contributed by atoms with E-state index in [0.29, 0.717) is 38.2 Å². The molecule has 4 fully saturated rings. The standard InChI is InChI=1S/C36H37FN4O4S/c1-3-22-6-4-7-24-14-28(42)16-30(32(22)24)23-10-11-29-31(15-23)38-35(45-21-36-12-5-13-41(36)20-27(37)17-36)39-34(29)40-18-25-8-9-26(19-40)33(25)46(2,43)44/h1,4,6-7,10-11,14-16,25-27,33,42H,5,8-9,12-13,17-21H2,2H3/t25?,26?,27-,33?,36+/m1/s1. The number of rotatable bonds is 6. The molecule has 1 aromatic heterocycles. The van der Waals surface area contributed by atoms with Gasteiger partial charge in [-0.3, -0.25) is 4.90 Å². The van der Waals surface area contributed by atoms with Crippen molar-refractivity contribution in [3.05, 3.63) is 54.1 Å². The number of hydrogen-bond acceptors (Lipinski definition) is 8. The van der Waals surface area contributed by atoms with Crippen LogP contribution in [-0.2, 0) is 9.84 Å². The van der Waals surface area contributed by atoms with E-state index in [1.807, 2.05) is 36.4 Å². The van der Waals surface area contributed by atoms with Crippen molar-refractivity contribution in [3.63, 3.8) is 0 Å². The fraction of sp³-hybridized carbons (Fsp3) is 0.444. The van der Waals surface area contributed by atoms with Crippen LogP contribution in [0.4, 0.5) is 10.2 Å². The van der Waals surface area contributed by atoms with E-state index in [-0.39, 0.29) is 34.4 Å². The first-order valence-electron chi connectivity index (χ1n) is 16.1. The molecular formula is C36H37FN4O4S. The Morgan fingerprint density at radius 3 is 2.67 bits per heavy atom. The van der Waals surface area contributed by atoms with E-state index in [4.69, 9.17) is 21.1 Å². The number of halogens is 1. The summed E-state index contributed by atoms with van der Waals surface area (Å²) in [7, 11) is -3.17. The Labute approximate surface area is 268 Å². The second-order valence-electron chi connectivity index (χ2n) is 13.8. The maximum absolute atomic E-state index is 14.5. The fourth-order valence-electron chi connectivity index (χ4n) is 9.02. The lowest BCUT2D eigenvalue weighted by Gasteiger charge is -2.38.